The third-order valence-electron chi connectivity index (χ3n) is 5.01. The van der Waals surface area contributed by atoms with Crippen molar-refractivity contribution in [3.05, 3.63) is 0 Å². The predicted molar refractivity (Wildman–Crippen MR) is 110 cm³/mol. The standard InChI is InChI=1S/C22H45NO3/c1-19(2)13-14-21(20(3)4)18-26-22(25)12-8-6-5-7-9-15-23-16-10-11-17-24/h19-21,23-24H,5-18H2,1-4H3. The minimum absolute atomic E-state index is 0.0225. The molecule has 0 heterocycles. The van der Waals surface area contributed by atoms with Gasteiger partial charge in [-0.15, -0.1) is 0 Å². The molecule has 1 atom stereocenters. The number of esters is 1. The Morgan fingerprint density at radius 2 is 1.50 bits per heavy atom. The Hall–Kier alpha value is -0.610. The normalized spacial score (nSPS) is 12.7. The van der Waals surface area contributed by atoms with E-state index in [-0.39, 0.29) is 5.97 Å². The summed E-state index contributed by atoms with van der Waals surface area (Å²) in [4.78, 5) is 11.9. The quantitative estimate of drug-likeness (QED) is 0.265. The second kappa shape index (κ2) is 17.8. The lowest BCUT2D eigenvalue weighted by molar-refractivity contribution is -0.145. The molecular weight excluding hydrogens is 326 g/mol. The van der Waals surface area contributed by atoms with Crippen LogP contribution in [-0.2, 0) is 9.53 Å². The number of rotatable bonds is 18. The van der Waals surface area contributed by atoms with Crippen LogP contribution in [0.1, 0.15) is 91.9 Å². The number of carbonyl (C=O) groups is 1. The van der Waals surface area contributed by atoms with Crippen LogP contribution in [0.3, 0.4) is 0 Å². The molecule has 0 saturated heterocycles. The van der Waals surface area contributed by atoms with Crippen LogP contribution in [0.25, 0.3) is 0 Å². The monoisotopic (exact) mass is 371 g/mol. The summed E-state index contributed by atoms with van der Waals surface area (Å²) in [7, 11) is 0. The van der Waals surface area contributed by atoms with Crippen LogP contribution in [-0.4, -0.2) is 37.4 Å². The topological polar surface area (TPSA) is 58.6 Å². The molecule has 0 spiro atoms. The van der Waals surface area contributed by atoms with Gasteiger partial charge in [-0.3, -0.25) is 4.79 Å². The maximum absolute atomic E-state index is 11.9. The van der Waals surface area contributed by atoms with Crippen LogP contribution < -0.4 is 5.32 Å². The van der Waals surface area contributed by atoms with E-state index >= 15 is 0 Å². The molecule has 0 bridgehead atoms. The van der Waals surface area contributed by atoms with Crippen LogP contribution in [0, 0.1) is 17.8 Å². The summed E-state index contributed by atoms with van der Waals surface area (Å²) in [6.45, 7) is 11.9. The first-order valence-corrected chi connectivity index (χ1v) is 10.9. The summed E-state index contributed by atoms with van der Waals surface area (Å²) in [6.07, 6.45) is 10.5. The molecule has 0 fully saturated rings. The maximum atomic E-state index is 11.9. The Bertz CT molecular complexity index is 319. The molecule has 0 aromatic carbocycles. The zero-order valence-electron chi connectivity index (χ0n) is 17.9. The Labute approximate surface area is 162 Å². The second-order valence-electron chi connectivity index (χ2n) is 8.36. The van der Waals surface area contributed by atoms with E-state index in [1.165, 1.54) is 25.7 Å². The van der Waals surface area contributed by atoms with Crippen molar-refractivity contribution < 1.29 is 14.6 Å². The first-order valence-electron chi connectivity index (χ1n) is 10.9. The number of aliphatic hydroxyl groups is 1. The van der Waals surface area contributed by atoms with E-state index in [1.807, 2.05) is 0 Å². The lowest BCUT2D eigenvalue weighted by Gasteiger charge is -2.21. The van der Waals surface area contributed by atoms with Crippen molar-refractivity contribution in [2.45, 2.75) is 91.9 Å². The smallest absolute Gasteiger partial charge is 0.305 e. The average Bonchev–Trinajstić information content (AvgIpc) is 2.59. The zero-order chi connectivity index (χ0) is 19.6. The van der Waals surface area contributed by atoms with Crippen LogP contribution in [0.15, 0.2) is 0 Å². The van der Waals surface area contributed by atoms with Crippen molar-refractivity contribution in [2.75, 3.05) is 26.3 Å². The van der Waals surface area contributed by atoms with Crippen LogP contribution in [0.2, 0.25) is 0 Å². The van der Waals surface area contributed by atoms with Crippen molar-refractivity contribution in [1.82, 2.24) is 5.32 Å². The number of unbranched alkanes of at least 4 members (excludes halogenated alkanes) is 5. The first-order chi connectivity index (χ1) is 12.5. The Morgan fingerprint density at radius 3 is 2.12 bits per heavy atom. The molecule has 0 saturated carbocycles. The molecule has 1 unspecified atom stereocenters. The van der Waals surface area contributed by atoms with Gasteiger partial charge in [-0.25, -0.2) is 0 Å². The van der Waals surface area contributed by atoms with Gasteiger partial charge in [0.15, 0.2) is 0 Å². The van der Waals surface area contributed by atoms with Crippen molar-refractivity contribution in [1.29, 1.82) is 0 Å². The van der Waals surface area contributed by atoms with Crippen molar-refractivity contribution in [3.63, 3.8) is 0 Å². The largest absolute Gasteiger partial charge is 0.465 e. The fraction of sp³-hybridized carbons (Fsp3) is 0.955. The minimum Gasteiger partial charge on any atom is -0.465 e. The van der Waals surface area contributed by atoms with Gasteiger partial charge in [-0.1, -0.05) is 53.4 Å². The van der Waals surface area contributed by atoms with E-state index in [4.69, 9.17) is 9.84 Å². The zero-order valence-corrected chi connectivity index (χ0v) is 17.9. The van der Waals surface area contributed by atoms with Crippen LogP contribution in [0.5, 0.6) is 0 Å². The number of hydrogen-bond donors (Lipinski definition) is 2. The average molecular weight is 372 g/mol. The number of hydrogen-bond acceptors (Lipinski definition) is 4. The number of aliphatic hydroxyl groups excluding tert-OH is 1. The molecule has 2 N–H and O–H groups in total. The van der Waals surface area contributed by atoms with E-state index in [1.54, 1.807) is 0 Å². The molecule has 0 radical (unpaired) electrons. The molecule has 0 aromatic heterocycles. The molecule has 0 aliphatic rings. The van der Waals surface area contributed by atoms with Gasteiger partial charge in [0.25, 0.3) is 0 Å². The van der Waals surface area contributed by atoms with E-state index in [9.17, 15) is 4.79 Å². The molecule has 0 amide bonds. The summed E-state index contributed by atoms with van der Waals surface area (Å²) < 4.78 is 5.52. The lowest BCUT2D eigenvalue weighted by atomic mass is 9.89. The van der Waals surface area contributed by atoms with Crippen LogP contribution in [0.4, 0.5) is 0 Å². The van der Waals surface area contributed by atoms with E-state index in [0.29, 0.717) is 37.4 Å². The van der Waals surface area contributed by atoms with E-state index in [2.05, 4.69) is 33.0 Å². The number of ether oxygens (including phenoxy) is 1. The highest BCUT2D eigenvalue weighted by Gasteiger charge is 2.16. The minimum atomic E-state index is -0.0225. The van der Waals surface area contributed by atoms with Crippen molar-refractivity contribution in [3.8, 4) is 0 Å². The van der Waals surface area contributed by atoms with Gasteiger partial charge in [-0.05, 0) is 62.9 Å². The molecule has 0 aliphatic heterocycles. The molecule has 0 aromatic rings. The molecule has 0 aliphatic carbocycles. The molecule has 4 heteroatoms. The van der Waals surface area contributed by atoms with Gasteiger partial charge in [0.1, 0.15) is 0 Å². The highest BCUT2D eigenvalue weighted by Crippen LogP contribution is 2.20. The van der Waals surface area contributed by atoms with E-state index in [0.717, 1.165) is 45.2 Å². The Kier molecular flexibility index (Phi) is 17.4. The maximum Gasteiger partial charge on any atom is 0.305 e. The van der Waals surface area contributed by atoms with Gasteiger partial charge in [0.2, 0.25) is 0 Å². The van der Waals surface area contributed by atoms with Gasteiger partial charge in [-0.2, -0.15) is 0 Å². The Balaban J connectivity index is 3.53. The third-order valence-corrected chi connectivity index (χ3v) is 5.01. The molecular formula is C22H45NO3. The molecule has 4 nitrogen and oxygen atoms in total. The van der Waals surface area contributed by atoms with Gasteiger partial charge in [0, 0.05) is 13.0 Å². The predicted octanol–water partition coefficient (Wildman–Crippen LogP) is 4.94. The van der Waals surface area contributed by atoms with E-state index < -0.39 is 0 Å². The van der Waals surface area contributed by atoms with Crippen molar-refractivity contribution in [2.24, 2.45) is 17.8 Å². The van der Waals surface area contributed by atoms with Gasteiger partial charge in [0.05, 0.1) is 6.61 Å². The molecule has 0 rings (SSSR count). The SMILES string of the molecule is CC(C)CCC(COC(=O)CCCCCCCNCCCCO)C(C)C. The van der Waals surface area contributed by atoms with Crippen molar-refractivity contribution >= 4 is 5.97 Å². The highest BCUT2D eigenvalue weighted by atomic mass is 16.5. The third kappa shape index (κ3) is 16.8. The fourth-order valence-corrected chi connectivity index (χ4v) is 2.97. The van der Waals surface area contributed by atoms with Crippen LogP contribution >= 0.6 is 0 Å². The summed E-state index contributed by atoms with van der Waals surface area (Å²) in [5.41, 5.74) is 0. The highest BCUT2D eigenvalue weighted by molar-refractivity contribution is 5.69. The molecule has 156 valence electrons. The Morgan fingerprint density at radius 1 is 0.885 bits per heavy atom. The molecule has 26 heavy (non-hydrogen) atoms. The first kappa shape index (κ1) is 25.4. The fourth-order valence-electron chi connectivity index (χ4n) is 2.97. The summed E-state index contributed by atoms with van der Waals surface area (Å²) >= 11 is 0. The summed E-state index contributed by atoms with van der Waals surface area (Å²) in [5, 5.41) is 12.1. The summed E-state index contributed by atoms with van der Waals surface area (Å²) in [6, 6.07) is 0. The summed E-state index contributed by atoms with van der Waals surface area (Å²) in [5.74, 6) is 1.75. The number of nitrogens with one attached hydrogen (secondary N) is 1. The lowest BCUT2D eigenvalue weighted by Crippen LogP contribution is -2.19. The number of carbonyl (C=O) groups excluding carboxylic acids is 1. The second-order valence-corrected chi connectivity index (χ2v) is 8.36. The van der Waals surface area contributed by atoms with Gasteiger partial charge >= 0.3 is 5.97 Å². The van der Waals surface area contributed by atoms with Gasteiger partial charge < -0.3 is 15.2 Å².